The Labute approximate surface area is 175 Å². The van der Waals surface area contributed by atoms with E-state index in [9.17, 15) is 14.9 Å². The average molecular weight is 398 g/mol. The third-order valence-corrected chi connectivity index (χ3v) is 4.80. The van der Waals surface area contributed by atoms with Crippen LogP contribution in [0.25, 0.3) is 0 Å². The summed E-state index contributed by atoms with van der Waals surface area (Å²) in [4.78, 5) is 29.5. The van der Waals surface area contributed by atoms with Crippen molar-refractivity contribution < 1.29 is 9.59 Å². The Kier molecular flexibility index (Phi) is 6.56. The van der Waals surface area contributed by atoms with Gasteiger partial charge in [-0.25, -0.2) is 0 Å². The molecule has 2 N–H and O–H groups in total. The van der Waals surface area contributed by atoms with Crippen molar-refractivity contribution in [2.45, 2.75) is 26.7 Å². The number of hydrogen-bond donors (Lipinski definition) is 2. The third kappa shape index (κ3) is 4.53. The van der Waals surface area contributed by atoms with E-state index < -0.39 is 5.91 Å². The number of para-hydroxylation sites is 2. The summed E-state index contributed by atoms with van der Waals surface area (Å²) in [5, 5.41) is 14.9. The van der Waals surface area contributed by atoms with Gasteiger partial charge >= 0.3 is 0 Å². The highest BCUT2D eigenvalue weighted by molar-refractivity contribution is 6.09. The molecule has 0 bridgehead atoms. The van der Waals surface area contributed by atoms with Gasteiger partial charge in [-0.15, -0.1) is 0 Å². The predicted octanol–water partition coefficient (Wildman–Crippen LogP) is 4.58. The molecule has 0 unspecified atom stereocenters. The molecule has 0 aliphatic heterocycles. The Morgan fingerprint density at radius 3 is 2.10 bits per heavy atom. The Balaban J connectivity index is 1.83. The highest BCUT2D eigenvalue weighted by atomic mass is 16.2. The van der Waals surface area contributed by atoms with Crippen molar-refractivity contribution in [3.63, 3.8) is 0 Å². The van der Waals surface area contributed by atoms with Crippen LogP contribution in [0.5, 0.6) is 0 Å². The molecular weight excluding hydrogens is 376 g/mol. The molecule has 150 valence electrons. The number of hydrogen-bond acceptors (Lipinski definition) is 4. The van der Waals surface area contributed by atoms with Crippen molar-refractivity contribution in [2.24, 2.45) is 0 Å². The van der Waals surface area contributed by atoms with Crippen LogP contribution in [0, 0.1) is 11.3 Å². The van der Waals surface area contributed by atoms with E-state index in [2.05, 4.69) is 15.6 Å². The van der Waals surface area contributed by atoms with Gasteiger partial charge in [-0.05, 0) is 42.2 Å². The van der Waals surface area contributed by atoms with Crippen LogP contribution < -0.4 is 10.6 Å². The standard InChI is InChI=1S/C24H22N4O2/c1-3-16-9-7-10-17(4-2)22(16)28-24(30)20-12-19(14-26-15-20)23(29)27-21-11-6-5-8-18(21)13-25/h5-12,14-15H,3-4H2,1-2H3,(H,27,29)(H,28,30). The lowest BCUT2D eigenvalue weighted by molar-refractivity contribution is 0.102. The maximum atomic E-state index is 12.9. The van der Waals surface area contributed by atoms with Gasteiger partial charge in [0.15, 0.2) is 0 Å². The quantitative estimate of drug-likeness (QED) is 0.635. The molecule has 0 aliphatic carbocycles. The van der Waals surface area contributed by atoms with Crippen molar-refractivity contribution in [1.82, 2.24) is 4.98 Å². The van der Waals surface area contributed by atoms with Gasteiger partial charge in [0.1, 0.15) is 6.07 Å². The monoisotopic (exact) mass is 398 g/mol. The zero-order valence-electron chi connectivity index (χ0n) is 16.9. The smallest absolute Gasteiger partial charge is 0.257 e. The molecule has 1 aromatic heterocycles. The molecule has 1 heterocycles. The van der Waals surface area contributed by atoms with Crippen LogP contribution in [0.2, 0.25) is 0 Å². The van der Waals surface area contributed by atoms with E-state index in [0.29, 0.717) is 11.3 Å². The van der Waals surface area contributed by atoms with Gasteiger partial charge in [-0.1, -0.05) is 44.2 Å². The van der Waals surface area contributed by atoms with E-state index >= 15 is 0 Å². The Morgan fingerprint density at radius 2 is 1.50 bits per heavy atom. The molecule has 2 aromatic carbocycles. The van der Waals surface area contributed by atoms with E-state index in [0.717, 1.165) is 29.7 Å². The molecule has 2 amide bonds. The maximum absolute atomic E-state index is 12.9. The van der Waals surface area contributed by atoms with Gasteiger partial charge in [-0.2, -0.15) is 5.26 Å². The number of nitrogens with one attached hydrogen (secondary N) is 2. The molecule has 0 atom stereocenters. The summed E-state index contributed by atoms with van der Waals surface area (Å²) in [7, 11) is 0. The molecule has 0 spiro atoms. The summed E-state index contributed by atoms with van der Waals surface area (Å²) >= 11 is 0. The number of aromatic nitrogens is 1. The number of nitrogens with zero attached hydrogens (tertiary/aromatic N) is 2. The van der Waals surface area contributed by atoms with Gasteiger partial charge < -0.3 is 10.6 Å². The van der Waals surface area contributed by atoms with Crippen LogP contribution in [0.4, 0.5) is 11.4 Å². The van der Waals surface area contributed by atoms with E-state index in [1.165, 1.54) is 18.5 Å². The Hall–Kier alpha value is -3.98. The lowest BCUT2D eigenvalue weighted by atomic mass is 10.0. The first-order chi connectivity index (χ1) is 14.6. The van der Waals surface area contributed by atoms with E-state index in [1.54, 1.807) is 24.3 Å². The van der Waals surface area contributed by atoms with Crippen LogP contribution in [-0.4, -0.2) is 16.8 Å². The third-order valence-electron chi connectivity index (χ3n) is 4.80. The van der Waals surface area contributed by atoms with Gasteiger partial charge in [0.05, 0.1) is 22.4 Å². The highest BCUT2D eigenvalue weighted by Crippen LogP contribution is 2.23. The predicted molar refractivity (Wildman–Crippen MR) is 116 cm³/mol. The van der Waals surface area contributed by atoms with Gasteiger partial charge in [0.2, 0.25) is 0 Å². The zero-order valence-corrected chi connectivity index (χ0v) is 16.9. The van der Waals surface area contributed by atoms with Crippen molar-refractivity contribution >= 4 is 23.2 Å². The summed E-state index contributed by atoms with van der Waals surface area (Å²) in [6.07, 6.45) is 4.40. The number of carbonyl (C=O) groups is 2. The minimum atomic E-state index is -0.442. The van der Waals surface area contributed by atoms with E-state index in [1.807, 2.05) is 38.1 Å². The molecule has 3 aromatic rings. The fourth-order valence-corrected chi connectivity index (χ4v) is 3.16. The fraction of sp³-hybridized carbons (Fsp3) is 0.167. The Morgan fingerprint density at radius 1 is 0.900 bits per heavy atom. The summed E-state index contributed by atoms with van der Waals surface area (Å²) in [5.74, 6) is -0.770. The minimum absolute atomic E-state index is 0.231. The lowest BCUT2D eigenvalue weighted by Crippen LogP contribution is -2.18. The number of pyridine rings is 1. The highest BCUT2D eigenvalue weighted by Gasteiger charge is 2.15. The second-order valence-corrected chi connectivity index (χ2v) is 6.69. The molecule has 0 aliphatic rings. The van der Waals surface area contributed by atoms with Gasteiger partial charge in [0.25, 0.3) is 11.8 Å². The maximum Gasteiger partial charge on any atom is 0.257 e. The summed E-state index contributed by atoms with van der Waals surface area (Å²) in [6, 6.07) is 16.2. The molecular formula is C24H22N4O2. The molecule has 0 fully saturated rings. The van der Waals surface area contributed by atoms with Crippen molar-refractivity contribution in [1.29, 1.82) is 5.26 Å². The SMILES string of the molecule is CCc1cccc(CC)c1NC(=O)c1cncc(C(=O)Nc2ccccc2C#N)c1. The van der Waals surface area contributed by atoms with Crippen molar-refractivity contribution in [3.8, 4) is 6.07 Å². The number of nitriles is 1. The fourth-order valence-electron chi connectivity index (χ4n) is 3.16. The van der Waals surface area contributed by atoms with Crippen LogP contribution in [0.3, 0.4) is 0 Å². The lowest BCUT2D eigenvalue weighted by Gasteiger charge is -2.14. The number of aryl methyl sites for hydroxylation is 2. The molecule has 0 saturated heterocycles. The van der Waals surface area contributed by atoms with E-state index in [-0.39, 0.29) is 17.0 Å². The molecule has 0 saturated carbocycles. The zero-order chi connectivity index (χ0) is 21.5. The first-order valence-electron chi connectivity index (χ1n) is 9.75. The number of anilines is 2. The van der Waals surface area contributed by atoms with Crippen LogP contribution in [-0.2, 0) is 12.8 Å². The minimum Gasteiger partial charge on any atom is -0.321 e. The topological polar surface area (TPSA) is 94.9 Å². The number of amides is 2. The normalized spacial score (nSPS) is 10.2. The summed E-state index contributed by atoms with van der Waals surface area (Å²) in [5.41, 5.74) is 4.19. The van der Waals surface area contributed by atoms with E-state index in [4.69, 9.17) is 0 Å². The molecule has 0 radical (unpaired) electrons. The van der Waals surface area contributed by atoms with Gasteiger partial charge in [0, 0.05) is 18.1 Å². The number of benzene rings is 2. The first kappa shape index (κ1) is 20.7. The average Bonchev–Trinajstić information content (AvgIpc) is 2.79. The van der Waals surface area contributed by atoms with Crippen LogP contribution in [0.1, 0.15) is 51.3 Å². The number of rotatable bonds is 6. The Bertz CT molecular complexity index is 1110. The molecule has 30 heavy (non-hydrogen) atoms. The number of carbonyl (C=O) groups excluding carboxylic acids is 2. The molecule has 6 heteroatoms. The second-order valence-electron chi connectivity index (χ2n) is 6.69. The van der Waals surface area contributed by atoms with Crippen molar-refractivity contribution in [3.05, 3.63) is 88.7 Å². The van der Waals surface area contributed by atoms with Crippen molar-refractivity contribution in [2.75, 3.05) is 10.6 Å². The van der Waals surface area contributed by atoms with Gasteiger partial charge in [-0.3, -0.25) is 14.6 Å². The largest absolute Gasteiger partial charge is 0.321 e. The summed E-state index contributed by atoms with van der Waals surface area (Å²) in [6.45, 7) is 4.08. The van der Waals surface area contributed by atoms with Crippen LogP contribution >= 0.6 is 0 Å². The first-order valence-corrected chi connectivity index (χ1v) is 9.75. The second kappa shape index (κ2) is 9.48. The summed E-state index contributed by atoms with van der Waals surface area (Å²) < 4.78 is 0. The van der Waals surface area contributed by atoms with Crippen LogP contribution in [0.15, 0.2) is 60.9 Å². The molecule has 3 rings (SSSR count). The molecule has 6 nitrogen and oxygen atoms in total.